The van der Waals surface area contributed by atoms with Gasteiger partial charge in [0.2, 0.25) is 0 Å². The van der Waals surface area contributed by atoms with E-state index in [0.29, 0.717) is 11.3 Å². The normalized spacial score (nSPS) is 12.3. The molecule has 1 heterocycles. The highest BCUT2D eigenvalue weighted by Gasteiger charge is 2.14. The monoisotopic (exact) mass is 343 g/mol. The van der Waals surface area contributed by atoms with Crippen LogP contribution in [0.4, 0.5) is 5.69 Å². The Labute approximate surface area is 141 Å². The zero-order valence-corrected chi connectivity index (χ0v) is 14.6. The van der Waals surface area contributed by atoms with E-state index in [1.54, 1.807) is 17.6 Å². The van der Waals surface area contributed by atoms with Crippen LogP contribution in [0.5, 0.6) is 0 Å². The maximum atomic E-state index is 12.6. The van der Waals surface area contributed by atoms with E-state index in [-0.39, 0.29) is 5.91 Å². The number of nitrogens with one attached hydrogen (secondary N) is 1. The van der Waals surface area contributed by atoms with Crippen LogP contribution >= 0.6 is 11.3 Å². The van der Waals surface area contributed by atoms with E-state index in [1.807, 2.05) is 54.8 Å². The number of amides is 1. The number of hydrogen-bond donors (Lipinski definition) is 1. The lowest BCUT2D eigenvalue weighted by Crippen LogP contribution is -2.13. The average Bonchev–Trinajstić information content (AvgIpc) is 2.95. The van der Waals surface area contributed by atoms with Gasteiger partial charge in [-0.3, -0.25) is 9.00 Å². The molecule has 0 saturated carbocycles. The molecule has 2 aromatic carbocycles. The van der Waals surface area contributed by atoms with Gasteiger partial charge in [-0.15, -0.1) is 11.3 Å². The molecule has 0 spiro atoms. The standard InChI is InChI=1S/C18H17NO2S2/c1-12-13(11-23(2)21)6-5-8-16(12)19-18(20)15-10-22-17-9-4-3-7-14(15)17/h3-10H,11H2,1-2H3,(H,19,20)/t23-/m0/s1. The number of hydrogen-bond acceptors (Lipinski definition) is 3. The van der Waals surface area contributed by atoms with Crippen LogP contribution in [-0.4, -0.2) is 16.4 Å². The van der Waals surface area contributed by atoms with E-state index in [2.05, 4.69) is 5.32 Å². The van der Waals surface area contributed by atoms with Crippen molar-refractivity contribution in [2.75, 3.05) is 11.6 Å². The van der Waals surface area contributed by atoms with E-state index in [4.69, 9.17) is 0 Å². The lowest BCUT2D eigenvalue weighted by molar-refractivity contribution is 0.102. The van der Waals surface area contributed by atoms with Gasteiger partial charge >= 0.3 is 0 Å². The van der Waals surface area contributed by atoms with E-state index in [9.17, 15) is 9.00 Å². The second-order valence-electron chi connectivity index (χ2n) is 5.41. The summed E-state index contributed by atoms with van der Waals surface area (Å²) in [4.78, 5) is 12.6. The molecule has 0 unspecified atom stereocenters. The van der Waals surface area contributed by atoms with E-state index < -0.39 is 10.8 Å². The molecule has 3 nitrogen and oxygen atoms in total. The molecule has 3 aromatic rings. The fourth-order valence-electron chi connectivity index (χ4n) is 2.54. The summed E-state index contributed by atoms with van der Waals surface area (Å²) in [6, 6.07) is 13.6. The third-order valence-corrected chi connectivity index (χ3v) is 5.46. The Morgan fingerprint density at radius 3 is 2.74 bits per heavy atom. The lowest BCUT2D eigenvalue weighted by atomic mass is 10.1. The van der Waals surface area contributed by atoms with Crippen LogP contribution in [0, 0.1) is 6.92 Å². The van der Waals surface area contributed by atoms with Crippen molar-refractivity contribution >= 4 is 43.8 Å². The number of rotatable bonds is 4. The fourth-order valence-corrected chi connectivity index (χ4v) is 4.23. The van der Waals surface area contributed by atoms with Gasteiger partial charge in [0.15, 0.2) is 0 Å². The number of thiophene rings is 1. The van der Waals surface area contributed by atoms with Crippen molar-refractivity contribution in [3.05, 3.63) is 64.5 Å². The Hall–Kier alpha value is -1.98. The first kappa shape index (κ1) is 15.9. The van der Waals surface area contributed by atoms with Crippen LogP contribution in [0.1, 0.15) is 21.5 Å². The Kier molecular flexibility index (Phi) is 4.59. The molecule has 0 bridgehead atoms. The summed E-state index contributed by atoms with van der Waals surface area (Å²) in [7, 11) is -0.907. The van der Waals surface area contributed by atoms with Gasteiger partial charge in [-0.1, -0.05) is 30.3 Å². The van der Waals surface area contributed by atoms with E-state index in [0.717, 1.165) is 26.9 Å². The van der Waals surface area contributed by atoms with Gasteiger partial charge in [0.25, 0.3) is 5.91 Å². The second kappa shape index (κ2) is 6.64. The van der Waals surface area contributed by atoms with Crippen LogP contribution in [-0.2, 0) is 16.6 Å². The van der Waals surface area contributed by atoms with Gasteiger partial charge in [-0.2, -0.15) is 0 Å². The molecule has 0 aliphatic heterocycles. The van der Waals surface area contributed by atoms with Gasteiger partial charge in [-0.25, -0.2) is 0 Å². The lowest BCUT2D eigenvalue weighted by Gasteiger charge is -2.11. The van der Waals surface area contributed by atoms with E-state index >= 15 is 0 Å². The van der Waals surface area contributed by atoms with Crippen LogP contribution in [0.25, 0.3) is 10.1 Å². The second-order valence-corrected chi connectivity index (χ2v) is 7.75. The van der Waals surface area contributed by atoms with Crippen molar-refractivity contribution in [2.45, 2.75) is 12.7 Å². The number of anilines is 1. The Balaban J connectivity index is 1.90. The summed E-state index contributed by atoms with van der Waals surface area (Å²) in [6.07, 6.45) is 1.68. The van der Waals surface area contributed by atoms with Gasteiger partial charge in [0.05, 0.1) is 5.56 Å². The summed E-state index contributed by atoms with van der Waals surface area (Å²) >= 11 is 1.57. The molecule has 23 heavy (non-hydrogen) atoms. The molecule has 1 N–H and O–H groups in total. The summed E-state index contributed by atoms with van der Waals surface area (Å²) < 4.78 is 12.6. The zero-order chi connectivity index (χ0) is 16.4. The third kappa shape index (κ3) is 3.35. The smallest absolute Gasteiger partial charge is 0.257 e. The van der Waals surface area contributed by atoms with Crippen molar-refractivity contribution in [3.63, 3.8) is 0 Å². The van der Waals surface area contributed by atoms with Crippen molar-refractivity contribution in [2.24, 2.45) is 0 Å². The highest BCUT2D eigenvalue weighted by atomic mass is 32.2. The molecule has 5 heteroatoms. The molecule has 0 aliphatic rings. The van der Waals surface area contributed by atoms with Crippen molar-refractivity contribution in [1.82, 2.24) is 0 Å². The van der Waals surface area contributed by atoms with Gasteiger partial charge in [0, 0.05) is 44.0 Å². The number of carbonyl (C=O) groups is 1. The largest absolute Gasteiger partial charge is 0.322 e. The quantitative estimate of drug-likeness (QED) is 0.766. The molecule has 0 radical (unpaired) electrons. The topological polar surface area (TPSA) is 46.2 Å². The van der Waals surface area contributed by atoms with Crippen LogP contribution < -0.4 is 5.32 Å². The maximum Gasteiger partial charge on any atom is 0.257 e. The predicted octanol–water partition coefficient (Wildman–Crippen LogP) is 4.34. The summed E-state index contributed by atoms with van der Waals surface area (Å²) in [5, 5.41) is 5.85. The van der Waals surface area contributed by atoms with Crippen molar-refractivity contribution in [3.8, 4) is 0 Å². The summed E-state index contributed by atoms with van der Waals surface area (Å²) in [6.45, 7) is 1.95. The first-order valence-electron chi connectivity index (χ1n) is 7.22. The van der Waals surface area contributed by atoms with Crippen molar-refractivity contribution in [1.29, 1.82) is 0 Å². The number of carbonyl (C=O) groups excluding carboxylic acids is 1. The van der Waals surface area contributed by atoms with Gasteiger partial charge in [-0.05, 0) is 30.2 Å². The molecule has 0 fully saturated rings. The van der Waals surface area contributed by atoms with Crippen LogP contribution in [0.3, 0.4) is 0 Å². The Morgan fingerprint density at radius 2 is 1.96 bits per heavy atom. The minimum absolute atomic E-state index is 0.111. The molecule has 118 valence electrons. The fraction of sp³-hybridized carbons (Fsp3) is 0.167. The minimum atomic E-state index is -0.907. The molecule has 1 atom stereocenters. The maximum absolute atomic E-state index is 12.6. The Morgan fingerprint density at radius 1 is 1.17 bits per heavy atom. The third-order valence-electron chi connectivity index (χ3n) is 3.78. The van der Waals surface area contributed by atoms with Gasteiger partial charge in [0.1, 0.15) is 0 Å². The minimum Gasteiger partial charge on any atom is -0.322 e. The summed E-state index contributed by atoms with van der Waals surface area (Å²) in [5.41, 5.74) is 3.43. The molecular formula is C18H17NO2S2. The van der Waals surface area contributed by atoms with Crippen LogP contribution in [0.15, 0.2) is 47.8 Å². The zero-order valence-electron chi connectivity index (χ0n) is 13.0. The highest BCUT2D eigenvalue weighted by Crippen LogP contribution is 2.27. The Bertz CT molecular complexity index is 899. The van der Waals surface area contributed by atoms with Gasteiger partial charge < -0.3 is 5.32 Å². The number of fused-ring (bicyclic) bond motifs is 1. The molecule has 1 aromatic heterocycles. The first-order chi connectivity index (χ1) is 11.1. The summed E-state index contributed by atoms with van der Waals surface area (Å²) in [5.74, 6) is 0.386. The predicted molar refractivity (Wildman–Crippen MR) is 98.7 cm³/mol. The molecular weight excluding hydrogens is 326 g/mol. The highest BCUT2D eigenvalue weighted by molar-refractivity contribution is 7.83. The molecule has 3 rings (SSSR count). The van der Waals surface area contributed by atoms with Crippen LogP contribution in [0.2, 0.25) is 0 Å². The average molecular weight is 343 g/mol. The van der Waals surface area contributed by atoms with E-state index in [1.165, 1.54) is 0 Å². The molecule has 0 aliphatic carbocycles. The molecule has 1 amide bonds. The molecule has 0 saturated heterocycles. The SMILES string of the molecule is Cc1c(C[S@](C)=O)cccc1NC(=O)c1csc2ccccc12. The first-order valence-corrected chi connectivity index (χ1v) is 9.83. The number of benzene rings is 2. The van der Waals surface area contributed by atoms with Crippen molar-refractivity contribution < 1.29 is 9.00 Å².